The summed E-state index contributed by atoms with van der Waals surface area (Å²) < 4.78 is 7.87. The summed E-state index contributed by atoms with van der Waals surface area (Å²) in [6.45, 7) is 5.45. The molecule has 9 heteroatoms. The van der Waals surface area contributed by atoms with Crippen LogP contribution in [0.1, 0.15) is 27.3 Å². The maximum atomic E-state index is 12.3. The zero-order valence-electron chi connectivity index (χ0n) is 16.2. The highest BCUT2D eigenvalue weighted by molar-refractivity contribution is 9.10. The number of ether oxygens (including phenoxy) is 1. The molecule has 29 heavy (non-hydrogen) atoms. The van der Waals surface area contributed by atoms with Crippen LogP contribution in [0.15, 0.2) is 46.9 Å². The number of rotatable bonds is 5. The van der Waals surface area contributed by atoms with E-state index in [0.717, 1.165) is 21.3 Å². The average molecular weight is 458 g/mol. The van der Waals surface area contributed by atoms with Gasteiger partial charge in [-0.05, 0) is 62.2 Å². The highest BCUT2D eigenvalue weighted by atomic mass is 79.9. The maximum absolute atomic E-state index is 12.3. The number of hydrazine groups is 1. The predicted molar refractivity (Wildman–Crippen MR) is 111 cm³/mol. The lowest BCUT2D eigenvalue weighted by atomic mass is 10.1. The molecule has 3 rings (SSSR count). The number of benzene rings is 2. The first-order chi connectivity index (χ1) is 13.8. The van der Waals surface area contributed by atoms with Gasteiger partial charge in [-0.1, -0.05) is 33.3 Å². The Kier molecular flexibility index (Phi) is 6.28. The Bertz CT molecular complexity index is 1060. The third-order valence-electron chi connectivity index (χ3n) is 4.33. The number of nitrogens with zero attached hydrogens (tertiary/aromatic N) is 3. The second kappa shape index (κ2) is 8.87. The Morgan fingerprint density at radius 2 is 1.86 bits per heavy atom. The van der Waals surface area contributed by atoms with Gasteiger partial charge in [0.15, 0.2) is 12.3 Å². The van der Waals surface area contributed by atoms with Gasteiger partial charge >= 0.3 is 0 Å². The molecule has 0 aliphatic carbocycles. The van der Waals surface area contributed by atoms with Crippen molar-refractivity contribution in [2.24, 2.45) is 0 Å². The summed E-state index contributed by atoms with van der Waals surface area (Å²) in [5.41, 5.74) is 8.27. The molecule has 2 N–H and O–H groups in total. The van der Waals surface area contributed by atoms with Crippen LogP contribution in [0, 0.1) is 20.8 Å². The van der Waals surface area contributed by atoms with Crippen molar-refractivity contribution >= 4 is 27.7 Å². The van der Waals surface area contributed by atoms with Crippen LogP contribution in [0.25, 0.3) is 5.69 Å². The molecule has 0 bridgehead atoms. The molecule has 8 nitrogen and oxygen atoms in total. The van der Waals surface area contributed by atoms with Crippen LogP contribution in [0.5, 0.6) is 5.75 Å². The molecular weight excluding hydrogens is 438 g/mol. The molecule has 150 valence electrons. The molecule has 0 aliphatic rings. The second-order valence-electron chi connectivity index (χ2n) is 6.45. The molecule has 3 aromatic rings. The van der Waals surface area contributed by atoms with Crippen molar-refractivity contribution in [3.63, 3.8) is 0 Å². The number of hydrogen-bond donors (Lipinski definition) is 2. The molecule has 0 aliphatic heterocycles. The van der Waals surface area contributed by atoms with E-state index < -0.39 is 11.8 Å². The van der Waals surface area contributed by atoms with Gasteiger partial charge in [0.1, 0.15) is 5.75 Å². The van der Waals surface area contributed by atoms with Gasteiger partial charge in [-0.2, -0.15) is 0 Å². The summed E-state index contributed by atoms with van der Waals surface area (Å²) in [5, 5.41) is 7.93. The van der Waals surface area contributed by atoms with Gasteiger partial charge in [0.2, 0.25) is 0 Å². The molecule has 0 saturated carbocycles. The van der Waals surface area contributed by atoms with Gasteiger partial charge in [-0.15, -0.1) is 5.10 Å². The maximum Gasteiger partial charge on any atom is 0.292 e. The summed E-state index contributed by atoms with van der Waals surface area (Å²) in [4.78, 5) is 24.3. The SMILES string of the molecule is Cc1ccc(OCC(=O)NNC(=O)c2nnn(-c3cccc(Br)c3)c2C)cc1C. The lowest BCUT2D eigenvalue weighted by Gasteiger charge is -2.09. The van der Waals surface area contributed by atoms with E-state index in [0.29, 0.717) is 11.4 Å². The molecule has 1 aromatic heterocycles. The van der Waals surface area contributed by atoms with Crippen LogP contribution in [0.2, 0.25) is 0 Å². The van der Waals surface area contributed by atoms with E-state index in [1.165, 1.54) is 0 Å². The van der Waals surface area contributed by atoms with E-state index in [-0.39, 0.29) is 12.3 Å². The fraction of sp³-hybridized carbons (Fsp3) is 0.200. The molecule has 0 spiro atoms. The molecule has 0 fully saturated rings. The molecule has 0 atom stereocenters. The molecule has 1 heterocycles. The summed E-state index contributed by atoms with van der Waals surface area (Å²) in [6, 6.07) is 13.0. The lowest BCUT2D eigenvalue weighted by Crippen LogP contribution is -2.44. The van der Waals surface area contributed by atoms with Gasteiger partial charge in [0, 0.05) is 4.47 Å². The summed E-state index contributed by atoms with van der Waals surface area (Å²) in [6.07, 6.45) is 0. The molecule has 0 unspecified atom stereocenters. The van der Waals surface area contributed by atoms with Crippen molar-refractivity contribution < 1.29 is 14.3 Å². The van der Waals surface area contributed by atoms with Crippen molar-refractivity contribution in [3.8, 4) is 11.4 Å². The first-order valence-electron chi connectivity index (χ1n) is 8.82. The molecule has 0 radical (unpaired) electrons. The number of halogens is 1. The van der Waals surface area contributed by atoms with Crippen molar-refractivity contribution in [3.05, 3.63) is 69.5 Å². The quantitative estimate of drug-likeness (QED) is 0.573. The average Bonchev–Trinajstić information content (AvgIpc) is 3.08. The lowest BCUT2D eigenvalue weighted by molar-refractivity contribution is -0.123. The Labute approximate surface area is 176 Å². The van der Waals surface area contributed by atoms with Crippen molar-refractivity contribution in [2.45, 2.75) is 20.8 Å². The van der Waals surface area contributed by atoms with Gasteiger partial charge < -0.3 is 4.74 Å². The second-order valence-corrected chi connectivity index (χ2v) is 7.37. The molecule has 0 saturated heterocycles. The van der Waals surface area contributed by atoms with Gasteiger partial charge in [-0.3, -0.25) is 20.4 Å². The highest BCUT2D eigenvalue weighted by Crippen LogP contribution is 2.17. The van der Waals surface area contributed by atoms with Gasteiger partial charge in [-0.25, -0.2) is 4.68 Å². The zero-order valence-corrected chi connectivity index (χ0v) is 17.8. The third kappa shape index (κ3) is 5.00. The number of amides is 2. The Morgan fingerprint density at radius 3 is 2.59 bits per heavy atom. The Balaban J connectivity index is 1.56. The molecule has 2 amide bonds. The number of carbonyl (C=O) groups is 2. The van der Waals surface area contributed by atoms with E-state index in [1.807, 2.05) is 50.2 Å². The number of carbonyl (C=O) groups excluding carboxylic acids is 2. The topological polar surface area (TPSA) is 98.1 Å². The van der Waals surface area contributed by atoms with E-state index in [4.69, 9.17) is 4.74 Å². The summed E-state index contributed by atoms with van der Waals surface area (Å²) in [5.74, 6) is -0.473. The van der Waals surface area contributed by atoms with Crippen molar-refractivity contribution in [1.82, 2.24) is 25.8 Å². The highest BCUT2D eigenvalue weighted by Gasteiger charge is 2.18. The predicted octanol–water partition coefficient (Wildman–Crippen LogP) is 2.80. The van der Waals surface area contributed by atoms with Crippen molar-refractivity contribution in [1.29, 1.82) is 0 Å². The van der Waals surface area contributed by atoms with Crippen LogP contribution in [0.3, 0.4) is 0 Å². The number of nitrogens with one attached hydrogen (secondary N) is 2. The van der Waals surface area contributed by atoms with E-state index in [1.54, 1.807) is 17.7 Å². The first-order valence-corrected chi connectivity index (χ1v) is 9.62. The van der Waals surface area contributed by atoms with Crippen LogP contribution < -0.4 is 15.6 Å². The Hall–Kier alpha value is -3.20. The van der Waals surface area contributed by atoms with Gasteiger partial charge in [0.25, 0.3) is 11.8 Å². The number of aryl methyl sites for hydroxylation is 2. The smallest absolute Gasteiger partial charge is 0.292 e. The molecule has 2 aromatic carbocycles. The van der Waals surface area contributed by atoms with Crippen LogP contribution in [-0.2, 0) is 4.79 Å². The third-order valence-corrected chi connectivity index (χ3v) is 4.82. The fourth-order valence-corrected chi connectivity index (χ4v) is 2.95. The number of aromatic nitrogens is 3. The van der Waals surface area contributed by atoms with Gasteiger partial charge in [0.05, 0.1) is 11.4 Å². The monoisotopic (exact) mass is 457 g/mol. The van der Waals surface area contributed by atoms with Crippen LogP contribution in [-0.4, -0.2) is 33.4 Å². The van der Waals surface area contributed by atoms with E-state index in [2.05, 4.69) is 37.1 Å². The minimum Gasteiger partial charge on any atom is -0.484 e. The van der Waals surface area contributed by atoms with Crippen molar-refractivity contribution in [2.75, 3.05) is 6.61 Å². The van der Waals surface area contributed by atoms with Crippen LogP contribution >= 0.6 is 15.9 Å². The minimum absolute atomic E-state index is 0.111. The van der Waals surface area contributed by atoms with E-state index >= 15 is 0 Å². The zero-order chi connectivity index (χ0) is 21.0. The van der Waals surface area contributed by atoms with Crippen LogP contribution in [0.4, 0.5) is 0 Å². The Morgan fingerprint density at radius 1 is 1.07 bits per heavy atom. The standard InChI is InChI=1S/C20H20BrN5O3/c1-12-7-8-17(9-13(12)2)29-11-18(27)22-24-20(28)19-14(3)26(25-23-19)16-6-4-5-15(21)10-16/h4-10H,11H2,1-3H3,(H,22,27)(H,24,28). The number of hydrogen-bond acceptors (Lipinski definition) is 5. The normalized spacial score (nSPS) is 10.5. The van der Waals surface area contributed by atoms with E-state index in [9.17, 15) is 9.59 Å². The fourth-order valence-electron chi connectivity index (χ4n) is 2.57. The summed E-state index contributed by atoms with van der Waals surface area (Å²) in [7, 11) is 0. The summed E-state index contributed by atoms with van der Waals surface area (Å²) >= 11 is 3.40. The minimum atomic E-state index is -0.566. The molecular formula is C20H20BrN5O3. The first kappa shape index (κ1) is 20.5. The largest absolute Gasteiger partial charge is 0.484 e.